The van der Waals surface area contributed by atoms with Gasteiger partial charge in [0.25, 0.3) is 0 Å². The summed E-state index contributed by atoms with van der Waals surface area (Å²) in [6, 6.07) is 16.0. The Labute approximate surface area is 159 Å². The van der Waals surface area contributed by atoms with Crippen LogP contribution in [0.3, 0.4) is 0 Å². The Kier molecular flexibility index (Phi) is 5.82. The first-order chi connectivity index (χ1) is 13.0. The van der Waals surface area contributed by atoms with Gasteiger partial charge >= 0.3 is 0 Å². The highest BCUT2D eigenvalue weighted by Gasteiger charge is 2.04. The van der Waals surface area contributed by atoms with Gasteiger partial charge in [-0.1, -0.05) is 62.4 Å². The number of fused-ring (bicyclic) bond motifs is 1. The molecule has 136 valence electrons. The Bertz CT molecular complexity index is 1000. The minimum Gasteiger partial charge on any atom is -0.361 e. The predicted molar refractivity (Wildman–Crippen MR) is 112 cm³/mol. The molecule has 3 rings (SSSR count). The Morgan fingerprint density at radius 2 is 1.52 bits per heavy atom. The molecule has 0 fully saturated rings. The van der Waals surface area contributed by atoms with Gasteiger partial charge < -0.3 is 4.98 Å². The predicted octanol–water partition coefficient (Wildman–Crippen LogP) is 5.55. The summed E-state index contributed by atoms with van der Waals surface area (Å²) in [6.07, 6.45) is 8.19. The number of H-pyrrole nitrogens is 1. The van der Waals surface area contributed by atoms with Gasteiger partial charge in [0.1, 0.15) is 0 Å². The van der Waals surface area contributed by atoms with Gasteiger partial charge in [0.15, 0.2) is 11.6 Å². The molecule has 27 heavy (non-hydrogen) atoms. The average Bonchev–Trinajstić information content (AvgIpc) is 3.13. The zero-order valence-corrected chi connectivity index (χ0v) is 15.6. The smallest absolute Gasteiger partial charge is 0.163 e. The van der Waals surface area contributed by atoms with Crippen molar-refractivity contribution in [2.45, 2.75) is 26.2 Å². The largest absolute Gasteiger partial charge is 0.361 e. The second-order valence-electron chi connectivity index (χ2n) is 6.92. The number of ketones is 2. The number of carbonyl (C=O) groups excluding carboxylic acids is 2. The fraction of sp³-hybridized carbons (Fsp3) is 0.167. The first kappa shape index (κ1) is 18.6. The molecule has 3 heteroatoms. The van der Waals surface area contributed by atoms with Crippen LogP contribution in [-0.4, -0.2) is 16.6 Å². The third kappa shape index (κ3) is 5.14. The Hall–Kier alpha value is -3.20. The van der Waals surface area contributed by atoms with Crippen LogP contribution in [0.1, 0.15) is 42.9 Å². The molecule has 3 aromatic rings. The molecule has 0 aliphatic heterocycles. The maximum absolute atomic E-state index is 12.0. The number of aromatic nitrogens is 1. The zero-order chi connectivity index (χ0) is 19.2. The third-order valence-electron chi connectivity index (χ3n) is 4.45. The van der Waals surface area contributed by atoms with Crippen molar-refractivity contribution in [2.24, 2.45) is 0 Å². The summed E-state index contributed by atoms with van der Waals surface area (Å²) in [5, 5.41) is 1.13. The molecule has 0 bridgehead atoms. The Morgan fingerprint density at radius 1 is 0.889 bits per heavy atom. The average molecular weight is 357 g/mol. The second-order valence-corrected chi connectivity index (χ2v) is 6.92. The van der Waals surface area contributed by atoms with Gasteiger partial charge in [-0.15, -0.1) is 0 Å². The van der Waals surface area contributed by atoms with Crippen molar-refractivity contribution in [1.29, 1.82) is 0 Å². The van der Waals surface area contributed by atoms with Crippen LogP contribution < -0.4 is 0 Å². The molecule has 1 aromatic heterocycles. The highest BCUT2D eigenvalue weighted by Crippen LogP contribution is 2.16. The maximum Gasteiger partial charge on any atom is 0.163 e. The molecule has 0 saturated heterocycles. The molecule has 1 N–H and O–H groups in total. The van der Waals surface area contributed by atoms with Crippen molar-refractivity contribution in [3.8, 4) is 0 Å². The van der Waals surface area contributed by atoms with Gasteiger partial charge in [-0.2, -0.15) is 0 Å². The van der Waals surface area contributed by atoms with Gasteiger partial charge in [-0.3, -0.25) is 9.59 Å². The fourth-order valence-corrected chi connectivity index (χ4v) is 2.83. The SMILES string of the molecule is CC(C)c1ccc(C=CC(=O)CC(=O)C=Cc2ccc3cc[nH]c3c2)cc1. The third-order valence-corrected chi connectivity index (χ3v) is 4.45. The van der Waals surface area contributed by atoms with Crippen molar-refractivity contribution in [1.82, 2.24) is 4.98 Å². The summed E-state index contributed by atoms with van der Waals surface area (Å²) in [4.78, 5) is 27.2. The van der Waals surface area contributed by atoms with Crippen LogP contribution in [0.5, 0.6) is 0 Å². The molecule has 0 spiro atoms. The second kappa shape index (κ2) is 8.45. The zero-order valence-electron chi connectivity index (χ0n) is 15.6. The molecule has 0 aliphatic rings. The summed E-state index contributed by atoms with van der Waals surface area (Å²) < 4.78 is 0. The molecule has 0 saturated carbocycles. The first-order valence-electron chi connectivity index (χ1n) is 9.10. The lowest BCUT2D eigenvalue weighted by Gasteiger charge is -2.04. The van der Waals surface area contributed by atoms with E-state index >= 15 is 0 Å². The number of nitrogens with one attached hydrogen (secondary N) is 1. The quantitative estimate of drug-likeness (QED) is 0.445. The number of rotatable bonds is 7. The molecule has 0 aliphatic carbocycles. The van der Waals surface area contributed by atoms with E-state index in [0.717, 1.165) is 22.0 Å². The molecule has 1 heterocycles. The van der Waals surface area contributed by atoms with Crippen molar-refractivity contribution in [3.05, 3.63) is 83.6 Å². The summed E-state index contributed by atoms with van der Waals surface area (Å²) in [7, 11) is 0. The number of hydrogen-bond donors (Lipinski definition) is 1. The van der Waals surface area contributed by atoms with Crippen LogP contribution in [0.15, 0.2) is 66.9 Å². The van der Waals surface area contributed by atoms with Crippen LogP contribution in [0.4, 0.5) is 0 Å². The molecular weight excluding hydrogens is 334 g/mol. The molecule has 0 radical (unpaired) electrons. The lowest BCUT2D eigenvalue weighted by Crippen LogP contribution is -2.01. The van der Waals surface area contributed by atoms with Crippen molar-refractivity contribution >= 4 is 34.6 Å². The number of carbonyl (C=O) groups is 2. The summed E-state index contributed by atoms with van der Waals surface area (Å²) in [5.74, 6) is 0.0792. The highest BCUT2D eigenvalue weighted by molar-refractivity contribution is 6.10. The summed E-state index contributed by atoms with van der Waals surface area (Å²) in [6.45, 7) is 4.29. The topological polar surface area (TPSA) is 49.9 Å². The van der Waals surface area contributed by atoms with E-state index in [-0.39, 0.29) is 18.0 Å². The molecular formula is C24H23NO2. The standard InChI is InChI=1S/C24H23NO2/c1-17(2)20-8-3-18(4-9-20)6-11-22(26)16-23(27)12-7-19-5-10-21-13-14-25-24(21)15-19/h3-15,17,25H,16H2,1-2H3. The first-order valence-corrected chi connectivity index (χ1v) is 9.10. The number of hydrogen-bond acceptors (Lipinski definition) is 2. The van der Waals surface area contributed by atoms with Gasteiger partial charge in [-0.05, 0) is 52.3 Å². The van der Waals surface area contributed by atoms with E-state index in [1.165, 1.54) is 17.7 Å². The van der Waals surface area contributed by atoms with Gasteiger partial charge in [0.05, 0.1) is 6.42 Å². The minimum atomic E-state index is -0.202. The van der Waals surface area contributed by atoms with E-state index in [4.69, 9.17) is 0 Å². The van der Waals surface area contributed by atoms with Crippen molar-refractivity contribution < 1.29 is 9.59 Å². The van der Waals surface area contributed by atoms with Crippen LogP contribution in [0.25, 0.3) is 23.1 Å². The Balaban J connectivity index is 1.55. The Morgan fingerprint density at radius 3 is 2.19 bits per heavy atom. The van der Waals surface area contributed by atoms with Gasteiger partial charge in [0.2, 0.25) is 0 Å². The molecule has 3 nitrogen and oxygen atoms in total. The van der Waals surface area contributed by atoms with Crippen molar-refractivity contribution in [3.63, 3.8) is 0 Å². The summed E-state index contributed by atoms with van der Waals surface area (Å²) >= 11 is 0. The minimum absolute atomic E-state index is 0.123. The van der Waals surface area contributed by atoms with E-state index in [2.05, 4.69) is 31.0 Å². The molecule has 0 unspecified atom stereocenters. The molecule has 2 aromatic carbocycles. The number of allylic oxidation sites excluding steroid dienone is 2. The number of aromatic amines is 1. The monoisotopic (exact) mass is 357 g/mol. The maximum atomic E-state index is 12.0. The van der Waals surface area contributed by atoms with E-state index in [9.17, 15) is 9.59 Å². The van der Waals surface area contributed by atoms with E-state index in [1.807, 2.05) is 42.6 Å². The lowest BCUT2D eigenvalue weighted by atomic mass is 10.0. The normalized spacial score (nSPS) is 11.8. The van der Waals surface area contributed by atoms with Crippen LogP contribution >= 0.6 is 0 Å². The summed E-state index contributed by atoms with van der Waals surface area (Å²) in [5.41, 5.74) is 4.16. The van der Waals surface area contributed by atoms with E-state index in [0.29, 0.717) is 5.92 Å². The van der Waals surface area contributed by atoms with Crippen LogP contribution in [-0.2, 0) is 9.59 Å². The van der Waals surface area contributed by atoms with Gasteiger partial charge in [-0.25, -0.2) is 0 Å². The van der Waals surface area contributed by atoms with E-state index in [1.54, 1.807) is 12.2 Å². The lowest BCUT2D eigenvalue weighted by molar-refractivity contribution is -0.121. The fourth-order valence-electron chi connectivity index (χ4n) is 2.83. The van der Waals surface area contributed by atoms with Crippen LogP contribution in [0.2, 0.25) is 0 Å². The number of benzene rings is 2. The molecule has 0 atom stereocenters. The van der Waals surface area contributed by atoms with E-state index < -0.39 is 0 Å². The molecule has 0 amide bonds. The van der Waals surface area contributed by atoms with Gasteiger partial charge in [0, 0.05) is 11.7 Å². The van der Waals surface area contributed by atoms with Crippen LogP contribution in [0, 0.1) is 0 Å². The van der Waals surface area contributed by atoms with Crippen molar-refractivity contribution in [2.75, 3.05) is 0 Å². The highest BCUT2D eigenvalue weighted by atomic mass is 16.1.